The minimum atomic E-state index is -3.60. The predicted molar refractivity (Wildman–Crippen MR) is 132 cm³/mol. The van der Waals surface area contributed by atoms with Crippen molar-refractivity contribution in [2.45, 2.75) is 42.9 Å². The van der Waals surface area contributed by atoms with Crippen molar-refractivity contribution in [1.29, 1.82) is 0 Å². The van der Waals surface area contributed by atoms with Crippen LogP contribution >= 0.6 is 0 Å². The molecule has 0 unspecified atom stereocenters. The van der Waals surface area contributed by atoms with E-state index in [0.717, 1.165) is 28.5 Å². The molecule has 0 atom stereocenters. The average Bonchev–Trinajstić information content (AvgIpc) is 3.18. The number of rotatable bonds is 8. The van der Waals surface area contributed by atoms with Crippen molar-refractivity contribution in [3.05, 3.63) is 94.5 Å². The highest BCUT2D eigenvalue weighted by Crippen LogP contribution is 2.33. The lowest BCUT2D eigenvalue weighted by Crippen LogP contribution is -2.57. The van der Waals surface area contributed by atoms with Crippen molar-refractivity contribution in [3.8, 4) is 5.75 Å². The zero-order chi connectivity index (χ0) is 25.2. The molecule has 0 aliphatic heterocycles. The maximum atomic E-state index is 13.2. The van der Waals surface area contributed by atoms with Crippen molar-refractivity contribution in [1.82, 2.24) is 5.32 Å². The van der Waals surface area contributed by atoms with Gasteiger partial charge in [-0.3, -0.25) is 4.79 Å². The smallest absolute Gasteiger partial charge is 0.252 e. The van der Waals surface area contributed by atoms with Crippen LogP contribution in [-0.2, 0) is 29.1 Å². The van der Waals surface area contributed by atoms with Crippen LogP contribution in [0.1, 0.15) is 32.6 Å². The van der Waals surface area contributed by atoms with E-state index in [1.54, 1.807) is 0 Å². The van der Waals surface area contributed by atoms with Gasteiger partial charge < -0.3 is 20.3 Å². The van der Waals surface area contributed by atoms with E-state index in [9.17, 15) is 23.4 Å². The fourth-order valence-corrected chi connectivity index (χ4v) is 5.29. The molecule has 0 fully saturated rings. The Bertz CT molecular complexity index is 1320. The third-order valence-electron chi connectivity index (χ3n) is 6.32. The Balaban J connectivity index is 1.55. The Hall–Kier alpha value is -3.20. The lowest BCUT2D eigenvalue weighted by Gasteiger charge is -2.32. The van der Waals surface area contributed by atoms with E-state index in [4.69, 9.17) is 4.74 Å². The fraction of sp³-hybridized carbons (Fsp3) is 0.296. The van der Waals surface area contributed by atoms with Crippen LogP contribution in [0.15, 0.2) is 71.6 Å². The number of aliphatic hydroxyl groups is 2. The summed E-state index contributed by atoms with van der Waals surface area (Å²) in [7, 11) is -3.60. The summed E-state index contributed by atoms with van der Waals surface area (Å²) < 4.78 is 30.5. The first-order valence-electron chi connectivity index (χ1n) is 11.4. The van der Waals surface area contributed by atoms with E-state index >= 15 is 0 Å². The second-order valence-electron chi connectivity index (χ2n) is 9.13. The fourth-order valence-electron chi connectivity index (χ4n) is 4.49. The molecule has 1 aliphatic carbocycles. The van der Waals surface area contributed by atoms with E-state index < -0.39 is 27.6 Å². The van der Waals surface area contributed by atoms with Crippen molar-refractivity contribution in [2.24, 2.45) is 0 Å². The first-order chi connectivity index (χ1) is 16.6. The van der Waals surface area contributed by atoms with Crippen LogP contribution in [0.3, 0.4) is 0 Å². The SMILES string of the molecule is Cc1cccc(CCOc2cc(C(=O)NC3(C(O)O)Cc4ccccc4C3)ccc2S(C)(=O)=O)c1. The van der Waals surface area contributed by atoms with Crippen LogP contribution in [0, 0.1) is 6.92 Å². The lowest BCUT2D eigenvalue weighted by molar-refractivity contribution is -0.102. The normalized spacial score (nSPS) is 14.5. The van der Waals surface area contributed by atoms with Crippen LogP contribution in [0.2, 0.25) is 0 Å². The van der Waals surface area contributed by atoms with Gasteiger partial charge in [0.15, 0.2) is 16.1 Å². The molecule has 0 aromatic heterocycles. The zero-order valence-corrected chi connectivity index (χ0v) is 20.5. The van der Waals surface area contributed by atoms with E-state index in [0.29, 0.717) is 6.42 Å². The average molecular weight is 496 g/mol. The highest BCUT2D eigenvalue weighted by molar-refractivity contribution is 7.90. The molecule has 184 valence electrons. The summed E-state index contributed by atoms with van der Waals surface area (Å²) in [6, 6.07) is 19.6. The number of carbonyl (C=O) groups excluding carboxylic acids is 1. The molecule has 3 aromatic carbocycles. The number of carbonyl (C=O) groups is 1. The topological polar surface area (TPSA) is 113 Å². The summed E-state index contributed by atoms with van der Waals surface area (Å²) in [6.07, 6.45) is 0.419. The Morgan fingerprint density at radius 2 is 1.71 bits per heavy atom. The third kappa shape index (κ3) is 5.56. The van der Waals surface area contributed by atoms with Gasteiger partial charge >= 0.3 is 0 Å². The number of amides is 1. The van der Waals surface area contributed by atoms with E-state index in [1.165, 1.54) is 18.2 Å². The third-order valence-corrected chi connectivity index (χ3v) is 7.46. The second-order valence-corrected chi connectivity index (χ2v) is 11.1. The molecule has 35 heavy (non-hydrogen) atoms. The Labute approximate surface area is 205 Å². The summed E-state index contributed by atoms with van der Waals surface area (Å²) >= 11 is 0. The number of benzene rings is 3. The molecule has 3 aromatic rings. The summed E-state index contributed by atoms with van der Waals surface area (Å²) in [5.74, 6) is -0.462. The molecule has 0 saturated carbocycles. The van der Waals surface area contributed by atoms with Crippen LogP contribution in [0.4, 0.5) is 0 Å². The van der Waals surface area contributed by atoms with Crippen molar-refractivity contribution in [3.63, 3.8) is 0 Å². The quantitative estimate of drug-likeness (QED) is 0.414. The number of fused-ring (bicyclic) bond motifs is 1. The number of aliphatic hydroxyl groups excluding tert-OH is 1. The standard InChI is InChI=1S/C27H29NO6S/c1-18-6-5-7-19(14-18)12-13-34-23-15-20(10-11-24(23)35(2,32)33)25(29)28-27(26(30)31)16-21-8-3-4-9-22(21)17-27/h3-11,14-15,26,30-31H,12-13,16-17H2,1-2H3,(H,28,29). The summed E-state index contributed by atoms with van der Waals surface area (Å²) in [5.41, 5.74) is 2.94. The molecule has 0 saturated heterocycles. The maximum absolute atomic E-state index is 13.2. The minimum Gasteiger partial charge on any atom is -0.492 e. The maximum Gasteiger partial charge on any atom is 0.252 e. The summed E-state index contributed by atoms with van der Waals surface area (Å²) in [6.45, 7) is 2.22. The Morgan fingerprint density at radius 1 is 1.03 bits per heavy atom. The van der Waals surface area contributed by atoms with Crippen LogP contribution < -0.4 is 10.1 Å². The molecule has 4 rings (SSSR count). The molecule has 8 heteroatoms. The molecule has 1 amide bonds. The molecule has 0 spiro atoms. The first kappa shape index (κ1) is 24.9. The first-order valence-corrected chi connectivity index (χ1v) is 13.2. The van der Waals surface area contributed by atoms with Gasteiger partial charge in [-0.1, -0.05) is 54.1 Å². The minimum absolute atomic E-state index is 0.0107. The van der Waals surface area contributed by atoms with Gasteiger partial charge in [0, 0.05) is 31.1 Å². The van der Waals surface area contributed by atoms with Gasteiger partial charge in [-0.15, -0.1) is 0 Å². The second kappa shape index (κ2) is 9.81. The summed E-state index contributed by atoms with van der Waals surface area (Å²) in [4.78, 5) is 13.2. The summed E-state index contributed by atoms with van der Waals surface area (Å²) in [5, 5.41) is 23.1. The molecule has 3 N–H and O–H groups in total. The number of aryl methyl sites for hydroxylation is 1. The monoisotopic (exact) mass is 495 g/mol. The van der Waals surface area contributed by atoms with Gasteiger partial charge in [0.2, 0.25) is 0 Å². The van der Waals surface area contributed by atoms with Crippen molar-refractivity contribution < 1.29 is 28.2 Å². The van der Waals surface area contributed by atoms with Gasteiger partial charge in [-0.05, 0) is 41.8 Å². The molecular weight excluding hydrogens is 466 g/mol. The van der Waals surface area contributed by atoms with E-state index in [2.05, 4.69) is 5.32 Å². The highest BCUT2D eigenvalue weighted by atomic mass is 32.2. The van der Waals surface area contributed by atoms with Crippen LogP contribution in [0.25, 0.3) is 0 Å². The Morgan fingerprint density at radius 3 is 2.31 bits per heavy atom. The van der Waals surface area contributed by atoms with E-state index in [1.807, 2.05) is 55.5 Å². The Kier molecular flexibility index (Phi) is 6.98. The van der Waals surface area contributed by atoms with Gasteiger partial charge in [0.05, 0.1) is 12.1 Å². The van der Waals surface area contributed by atoms with Crippen LogP contribution in [-0.4, -0.2) is 49.2 Å². The predicted octanol–water partition coefficient (Wildman–Crippen LogP) is 2.60. The van der Waals surface area contributed by atoms with Gasteiger partial charge in [-0.25, -0.2) is 8.42 Å². The molecule has 0 radical (unpaired) electrons. The number of hydrogen-bond donors (Lipinski definition) is 3. The number of hydrogen-bond acceptors (Lipinski definition) is 6. The molecule has 0 heterocycles. The molecule has 0 bridgehead atoms. The van der Waals surface area contributed by atoms with E-state index in [-0.39, 0.29) is 35.7 Å². The number of nitrogens with one attached hydrogen (secondary N) is 1. The lowest BCUT2D eigenvalue weighted by atomic mass is 9.94. The van der Waals surface area contributed by atoms with Gasteiger partial charge in [0.1, 0.15) is 10.6 Å². The zero-order valence-electron chi connectivity index (χ0n) is 19.7. The van der Waals surface area contributed by atoms with Crippen molar-refractivity contribution >= 4 is 15.7 Å². The largest absolute Gasteiger partial charge is 0.492 e. The van der Waals surface area contributed by atoms with Crippen LogP contribution in [0.5, 0.6) is 5.75 Å². The van der Waals surface area contributed by atoms with Crippen molar-refractivity contribution in [2.75, 3.05) is 12.9 Å². The molecule has 1 aliphatic rings. The molecular formula is C27H29NO6S. The van der Waals surface area contributed by atoms with Gasteiger partial charge in [-0.2, -0.15) is 0 Å². The molecule has 7 nitrogen and oxygen atoms in total. The van der Waals surface area contributed by atoms with Gasteiger partial charge in [0.25, 0.3) is 5.91 Å². The highest BCUT2D eigenvalue weighted by Gasteiger charge is 2.44. The number of sulfone groups is 1. The number of ether oxygens (including phenoxy) is 1.